The maximum atomic E-state index is 13.3. The van der Waals surface area contributed by atoms with Crippen LogP contribution in [-0.2, 0) is 0 Å². The molecule has 1 fully saturated rings. The summed E-state index contributed by atoms with van der Waals surface area (Å²) >= 11 is 0. The lowest BCUT2D eigenvalue weighted by atomic mass is 9.91. The van der Waals surface area contributed by atoms with Crippen molar-refractivity contribution < 1.29 is 9.59 Å². The van der Waals surface area contributed by atoms with E-state index >= 15 is 0 Å². The second-order valence-corrected chi connectivity index (χ2v) is 10.5. The maximum absolute atomic E-state index is 13.3. The Morgan fingerprint density at radius 3 is 2.05 bits per heavy atom. The molecule has 0 bridgehead atoms. The average molecular weight is 527 g/mol. The summed E-state index contributed by atoms with van der Waals surface area (Å²) in [7, 11) is 0. The first-order chi connectivity index (χ1) is 19.1. The molecule has 0 spiro atoms. The fraction of sp³-hybridized carbons (Fsp3) is 0.394. The van der Waals surface area contributed by atoms with Gasteiger partial charge in [-0.15, -0.1) is 0 Å². The van der Waals surface area contributed by atoms with E-state index in [1.807, 2.05) is 18.2 Å². The third-order valence-electron chi connectivity index (χ3n) is 7.74. The monoisotopic (exact) mass is 526 g/mol. The number of nitrogens with one attached hydrogen (secondary N) is 1. The van der Waals surface area contributed by atoms with E-state index < -0.39 is 6.03 Å². The van der Waals surface area contributed by atoms with Gasteiger partial charge in [-0.1, -0.05) is 99.0 Å². The molecule has 206 valence electrons. The van der Waals surface area contributed by atoms with Gasteiger partial charge in [0.15, 0.2) is 0 Å². The zero-order chi connectivity index (χ0) is 27.5. The topological polar surface area (TPSA) is 78.7 Å². The highest BCUT2D eigenvalue weighted by molar-refractivity contribution is 6.04. The molecule has 4 rings (SSSR count). The number of hydrogen-bond acceptors (Lipinski definition) is 3. The standard InChI is InChI=1S/C33H42N4O2/c1-2-3-4-13-22-37(33(34)39)30-19-12-11-18-29(30)32(38)35-25-26-20-23-36(24-21-26)31(27-14-7-5-8-15-27)28-16-9-6-10-17-28/h5-12,14-19,26,31H,2-4,13,20-25H2,1H3,(H2,34,39)(H,35,38). The smallest absolute Gasteiger partial charge is 0.319 e. The molecule has 3 amide bonds. The molecule has 0 saturated carbocycles. The Kier molecular flexibility index (Phi) is 10.5. The zero-order valence-corrected chi connectivity index (χ0v) is 23.1. The van der Waals surface area contributed by atoms with Crippen LogP contribution in [0.1, 0.15) is 73.0 Å². The molecule has 6 nitrogen and oxygen atoms in total. The third kappa shape index (κ3) is 7.70. The molecular formula is C33H42N4O2. The first kappa shape index (κ1) is 28.4. The quantitative estimate of drug-likeness (QED) is 0.269. The minimum atomic E-state index is -0.523. The molecule has 0 radical (unpaired) electrons. The van der Waals surface area contributed by atoms with Gasteiger partial charge in [-0.3, -0.25) is 14.6 Å². The number of piperidine rings is 1. The van der Waals surface area contributed by atoms with Crippen LogP contribution in [0.5, 0.6) is 0 Å². The lowest BCUT2D eigenvalue weighted by Crippen LogP contribution is -2.41. The third-order valence-corrected chi connectivity index (χ3v) is 7.74. The van der Waals surface area contributed by atoms with Crippen LogP contribution in [0.3, 0.4) is 0 Å². The largest absolute Gasteiger partial charge is 0.352 e. The van der Waals surface area contributed by atoms with Crippen molar-refractivity contribution in [3.05, 3.63) is 102 Å². The van der Waals surface area contributed by atoms with E-state index in [0.29, 0.717) is 30.3 Å². The Bertz CT molecular complexity index is 1140. The minimum absolute atomic E-state index is 0.153. The van der Waals surface area contributed by atoms with Gasteiger partial charge in [0.05, 0.1) is 17.3 Å². The van der Waals surface area contributed by atoms with Crippen LogP contribution in [0, 0.1) is 5.92 Å². The molecule has 3 aromatic rings. The van der Waals surface area contributed by atoms with Crippen molar-refractivity contribution in [2.45, 2.75) is 51.5 Å². The van der Waals surface area contributed by atoms with Gasteiger partial charge in [0.1, 0.15) is 0 Å². The van der Waals surface area contributed by atoms with Gasteiger partial charge in [-0.2, -0.15) is 0 Å². The normalized spacial score (nSPS) is 14.3. The SMILES string of the molecule is CCCCCCN(C(N)=O)c1ccccc1C(=O)NCC1CCN(C(c2ccccc2)c2ccccc2)CC1. The van der Waals surface area contributed by atoms with Crippen LogP contribution in [-0.4, -0.2) is 43.0 Å². The number of anilines is 1. The number of amides is 3. The predicted octanol–water partition coefficient (Wildman–Crippen LogP) is 6.38. The van der Waals surface area contributed by atoms with E-state index in [1.54, 1.807) is 6.07 Å². The molecule has 3 aromatic carbocycles. The fourth-order valence-corrected chi connectivity index (χ4v) is 5.58. The molecular weight excluding hydrogens is 484 g/mol. The fourth-order valence-electron chi connectivity index (χ4n) is 5.58. The summed E-state index contributed by atoms with van der Waals surface area (Å²) in [6, 6.07) is 28.4. The van der Waals surface area contributed by atoms with Crippen LogP contribution >= 0.6 is 0 Å². The summed E-state index contributed by atoms with van der Waals surface area (Å²) in [5.74, 6) is 0.255. The molecule has 3 N–H and O–H groups in total. The van der Waals surface area contributed by atoms with E-state index in [-0.39, 0.29) is 11.9 Å². The van der Waals surface area contributed by atoms with Crippen LogP contribution in [0.2, 0.25) is 0 Å². The van der Waals surface area contributed by atoms with E-state index in [9.17, 15) is 9.59 Å². The van der Waals surface area contributed by atoms with Gasteiger partial charge >= 0.3 is 6.03 Å². The maximum Gasteiger partial charge on any atom is 0.319 e. The molecule has 1 saturated heterocycles. The number of carbonyl (C=O) groups is 2. The number of para-hydroxylation sites is 1. The molecule has 0 unspecified atom stereocenters. The first-order valence-corrected chi connectivity index (χ1v) is 14.4. The molecule has 6 heteroatoms. The second kappa shape index (κ2) is 14.5. The summed E-state index contributed by atoms with van der Waals surface area (Å²) in [5, 5.41) is 3.15. The summed E-state index contributed by atoms with van der Waals surface area (Å²) in [6.45, 7) is 5.23. The van der Waals surface area contributed by atoms with Gasteiger partial charge < -0.3 is 11.1 Å². The molecule has 0 aromatic heterocycles. The van der Waals surface area contributed by atoms with Crippen molar-refractivity contribution >= 4 is 17.6 Å². The second-order valence-electron chi connectivity index (χ2n) is 10.5. The number of rotatable bonds is 12. The van der Waals surface area contributed by atoms with Gasteiger partial charge in [0.25, 0.3) is 5.91 Å². The number of unbranched alkanes of at least 4 members (excludes halogenated alkanes) is 3. The highest BCUT2D eigenvalue weighted by atomic mass is 16.2. The lowest BCUT2D eigenvalue weighted by molar-refractivity contribution is 0.0931. The number of nitrogens with two attached hydrogens (primary N) is 1. The molecule has 1 heterocycles. The van der Waals surface area contributed by atoms with E-state index in [4.69, 9.17) is 5.73 Å². The summed E-state index contributed by atoms with van der Waals surface area (Å²) in [6.07, 6.45) is 6.16. The highest BCUT2D eigenvalue weighted by Crippen LogP contribution is 2.32. The Hall–Kier alpha value is -3.64. The molecule has 39 heavy (non-hydrogen) atoms. The van der Waals surface area contributed by atoms with Gasteiger partial charge in [0, 0.05) is 13.1 Å². The summed E-state index contributed by atoms with van der Waals surface area (Å²) < 4.78 is 0. The molecule has 0 atom stereocenters. The zero-order valence-electron chi connectivity index (χ0n) is 23.1. The first-order valence-electron chi connectivity index (χ1n) is 14.4. The van der Waals surface area contributed by atoms with Crippen LogP contribution in [0.4, 0.5) is 10.5 Å². The summed E-state index contributed by atoms with van der Waals surface area (Å²) in [4.78, 5) is 29.6. The molecule has 1 aliphatic rings. The van der Waals surface area contributed by atoms with Crippen molar-refractivity contribution in [2.24, 2.45) is 11.7 Å². The average Bonchev–Trinajstić information content (AvgIpc) is 2.98. The highest BCUT2D eigenvalue weighted by Gasteiger charge is 2.28. The van der Waals surface area contributed by atoms with Crippen LogP contribution < -0.4 is 16.0 Å². The number of urea groups is 1. The number of carbonyl (C=O) groups excluding carboxylic acids is 2. The Morgan fingerprint density at radius 1 is 0.872 bits per heavy atom. The van der Waals surface area contributed by atoms with E-state index in [1.165, 1.54) is 16.0 Å². The number of benzene rings is 3. The number of likely N-dealkylation sites (tertiary alicyclic amines) is 1. The van der Waals surface area contributed by atoms with Crippen LogP contribution in [0.25, 0.3) is 0 Å². The minimum Gasteiger partial charge on any atom is -0.352 e. The Morgan fingerprint density at radius 2 is 1.46 bits per heavy atom. The molecule has 1 aliphatic heterocycles. The Balaban J connectivity index is 1.36. The van der Waals surface area contributed by atoms with Gasteiger partial charge in [-0.05, 0) is 61.5 Å². The number of primary amides is 1. The summed E-state index contributed by atoms with van der Waals surface area (Å²) in [5.41, 5.74) is 9.41. The van der Waals surface area contributed by atoms with Crippen LogP contribution in [0.15, 0.2) is 84.9 Å². The van der Waals surface area contributed by atoms with Gasteiger partial charge in [0.2, 0.25) is 0 Å². The lowest BCUT2D eigenvalue weighted by Gasteiger charge is -2.38. The predicted molar refractivity (Wildman–Crippen MR) is 159 cm³/mol. The Labute approximate surface area is 233 Å². The number of hydrogen-bond donors (Lipinski definition) is 2. The van der Waals surface area contributed by atoms with E-state index in [0.717, 1.165) is 51.6 Å². The number of nitrogens with zero attached hydrogens (tertiary/aromatic N) is 2. The van der Waals surface area contributed by atoms with E-state index in [2.05, 4.69) is 77.8 Å². The van der Waals surface area contributed by atoms with Crippen molar-refractivity contribution in [1.82, 2.24) is 10.2 Å². The van der Waals surface area contributed by atoms with Crippen molar-refractivity contribution in [3.8, 4) is 0 Å². The van der Waals surface area contributed by atoms with Gasteiger partial charge in [-0.25, -0.2) is 4.79 Å². The van der Waals surface area contributed by atoms with Crippen molar-refractivity contribution in [3.63, 3.8) is 0 Å². The van der Waals surface area contributed by atoms with Crippen molar-refractivity contribution in [1.29, 1.82) is 0 Å². The van der Waals surface area contributed by atoms with Crippen molar-refractivity contribution in [2.75, 3.05) is 31.1 Å². The molecule has 0 aliphatic carbocycles.